The zero-order chi connectivity index (χ0) is 22.0. The molecular weight excluding hydrogens is 414 g/mol. The number of fused-ring (bicyclic) bond motifs is 1. The maximum absolute atomic E-state index is 13.6. The number of amides is 1. The lowest BCUT2D eigenvalue weighted by Crippen LogP contribution is -2.39. The third-order valence-corrected chi connectivity index (χ3v) is 6.69. The van der Waals surface area contributed by atoms with E-state index in [4.69, 9.17) is 14.5 Å². The lowest BCUT2D eigenvalue weighted by molar-refractivity contribution is 0.0376. The molecule has 1 aliphatic heterocycles. The number of carbonyl (C=O) groups is 1. The van der Waals surface area contributed by atoms with Crippen LogP contribution in [-0.2, 0) is 11.8 Å². The van der Waals surface area contributed by atoms with Crippen LogP contribution in [-0.4, -0.2) is 72.1 Å². The molecule has 9 heteroatoms. The standard InChI is InChI=1S/C22H29N5O3S/c1-15-12-16(2)19-18(13-15)23-22(31-19)27(7-5-6-26-8-10-30-11-9-26)21(28)17-14-25(3)24-20(17)29-4/h12-14H,5-11H2,1-4H3. The summed E-state index contributed by atoms with van der Waals surface area (Å²) in [5.41, 5.74) is 3.73. The van der Waals surface area contributed by atoms with Crippen LogP contribution in [0.1, 0.15) is 27.9 Å². The van der Waals surface area contributed by atoms with Crippen molar-refractivity contribution in [1.82, 2.24) is 19.7 Å². The Labute approximate surface area is 186 Å². The van der Waals surface area contributed by atoms with E-state index in [0.717, 1.165) is 49.5 Å². The summed E-state index contributed by atoms with van der Waals surface area (Å²) in [5, 5.41) is 4.97. The van der Waals surface area contributed by atoms with Gasteiger partial charge in [0, 0.05) is 39.4 Å². The number of aromatic nitrogens is 3. The average molecular weight is 444 g/mol. The van der Waals surface area contributed by atoms with E-state index in [1.165, 1.54) is 18.2 Å². The predicted octanol–water partition coefficient (Wildman–Crippen LogP) is 3.02. The fraction of sp³-hybridized carbons (Fsp3) is 0.500. The fourth-order valence-corrected chi connectivity index (χ4v) is 4.99. The largest absolute Gasteiger partial charge is 0.479 e. The van der Waals surface area contributed by atoms with Gasteiger partial charge in [0.05, 0.1) is 30.5 Å². The highest BCUT2D eigenvalue weighted by atomic mass is 32.1. The highest BCUT2D eigenvalue weighted by molar-refractivity contribution is 7.22. The number of ether oxygens (including phenoxy) is 2. The molecule has 3 aromatic rings. The lowest BCUT2D eigenvalue weighted by Gasteiger charge is -2.27. The number of thiazole rings is 1. The summed E-state index contributed by atoms with van der Waals surface area (Å²) in [7, 11) is 3.32. The third-order valence-electron chi connectivity index (χ3n) is 5.46. The van der Waals surface area contributed by atoms with Crippen molar-refractivity contribution >= 4 is 32.6 Å². The van der Waals surface area contributed by atoms with Gasteiger partial charge in [-0.25, -0.2) is 4.98 Å². The average Bonchev–Trinajstić information content (AvgIpc) is 3.35. The zero-order valence-corrected chi connectivity index (χ0v) is 19.4. The minimum absolute atomic E-state index is 0.139. The van der Waals surface area contributed by atoms with E-state index < -0.39 is 0 Å². The first-order valence-corrected chi connectivity index (χ1v) is 11.4. The van der Waals surface area contributed by atoms with Crippen molar-refractivity contribution in [1.29, 1.82) is 0 Å². The SMILES string of the molecule is COc1nn(C)cc1C(=O)N(CCCN1CCOCC1)c1nc2cc(C)cc(C)c2s1. The molecule has 0 N–H and O–H groups in total. The highest BCUT2D eigenvalue weighted by Gasteiger charge is 2.26. The van der Waals surface area contributed by atoms with E-state index in [-0.39, 0.29) is 5.91 Å². The maximum Gasteiger partial charge on any atom is 0.267 e. The molecule has 4 rings (SSSR count). The van der Waals surface area contributed by atoms with Gasteiger partial charge < -0.3 is 9.47 Å². The Bertz CT molecular complexity index is 1070. The molecule has 0 radical (unpaired) electrons. The minimum Gasteiger partial charge on any atom is -0.479 e. The van der Waals surface area contributed by atoms with Crippen LogP contribution < -0.4 is 9.64 Å². The molecule has 0 bridgehead atoms. The van der Waals surface area contributed by atoms with Gasteiger partial charge in [-0.3, -0.25) is 19.3 Å². The highest BCUT2D eigenvalue weighted by Crippen LogP contribution is 2.33. The molecule has 8 nitrogen and oxygen atoms in total. The predicted molar refractivity (Wildman–Crippen MR) is 122 cm³/mol. The summed E-state index contributed by atoms with van der Waals surface area (Å²) >= 11 is 1.56. The third kappa shape index (κ3) is 4.73. The van der Waals surface area contributed by atoms with E-state index in [1.807, 2.05) is 0 Å². The van der Waals surface area contributed by atoms with Crippen LogP contribution in [0.5, 0.6) is 5.88 Å². The van der Waals surface area contributed by atoms with Gasteiger partial charge in [-0.1, -0.05) is 17.4 Å². The smallest absolute Gasteiger partial charge is 0.267 e. The number of rotatable bonds is 7. The van der Waals surface area contributed by atoms with Crippen molar-refractivity contribution in [2.75, 3.05) is 51.4 Å². The second-order valence-corrected chi connectivity index (χ2v) is 8.89. The second kappa shape index (κ2) is 9.33. The number of benzene rings is 1. The van der Waals surface area contributed by atoms with Crippen LogP contribution in [0, 0.1) is 13.8 Å². The molecule has 0 atom stereocenters. The number of anilines is 1. The lowest BCUT2D eigenvalue weighted by atomic mass is 10.1. The Morgan fingerprint density at radius 2 is 2.06 bits per heavy atom. The Morgan fingerprint density at radius 3 is 2.81 bits per heavy atom. The monoisotopic (exact) mass is 443 g/mol. The normalized spacial score (nSPS) is 14.8. The van der Waals surface area contributed by atoms with Crippen LogP contribution >= 0.6 is 11.3 Å². The van der Waals surface area contributed by atoms with E-state index >= 15 is 0 Å². The molecule has 1 aliphatic rings. The molecule has 1 amide bonds. The van der Waals surface area contributed by atoms with Crippen LogP contribution in [0.25, 0.3) is 10.2 Å². The maximum atomic E-state index is 13.6. The van der Waals surface area contributed by atoms with Crippen molar-refractivity contribution < 1.29 is 14.3 Å². The van der Waals surface area contributed by atoms with Crippen LogP contribution in [0.4, 0.5) is 5.13 Å². The number of methoxy groups -OCH3 is 1. The zero-order valence-electron chi connectivity index (χ0n) is 18.6. The molecule has 31 heavy (non-hydrogen) atoms. The van der Waals surface area contributed by atoms with Gasteiger partial charge in [-0.2, -0.15) is 0 Å². The van der Waals surface area contributed by atoms with Crippen molar-refractivity contribution in [3.05, 3.63) is 35.0 Å². The van der Waals surface area contributed by atoms with Gasteiger partial charge in [0.25, 0.3) is 5.91 Å². The van der Waals surface area contributed by atoms with E-state index in [0.29, 0.717) is 23.1 Å². The van der Waals surface area contributed by atoms with E-state index in [9.17, 15) is 4.79 Å². The summed E-state index contributed by atoms with van der Waals surface area (Å²) in [6, 6.07) is 4.22. The van der Waals surface area contributed by atoms with Gasteiger partial charge in [0.2, 0.25) is 5.88 Å². The van der Waals surface area contributed by atoms with E-state index in [1.54, 1.807) is 34.2 Å². The Morgan fingerprint density at radius 1 is 1.29 bits per heavy atom. The minimum atomic E-state index is -0.139. The first-order chi connectivity index (χ1) is 15.0. The topological polar surface area (TPSA) is 72.7 Å². The van der Waals surface area contributed by atoms with Crippen LogP contribution in [0.3, 0.4) is 0 Å². The number of morpholine rings is 1. The summed E-state index contributed by atoms with van der Waals surface area (Å²) < 4.78 is 13.5. The molecular formula is C22H29N5O3S. The summed E-state index contributed by atoms with van der Waals surface area (Å²) in [5.74, 6) is 0.194. The van der Waals surface area contributed by atoms with Gasteiger partial charge in [-0.15, -0.1) is 5.10 Å². The first-order valence-electron chi connectivity index (χ1n) is 10.5. The van der Waals surface area contributed by atoms with Gasteiger partial charge >= 0.3 is 0 Å². The van der Waals surface area contributed by atoms with Gasteiger partial charge in [0.1, 0.15) is 5.56 Å². The van der Waals surface area contributed by atoms with Crippen LogP contribution in [0.15, 0.2) is 18.3 Å². The molecule has 1 saturated heterocycles. The molecule has 0 unspecified atom stereocenters. The fourth-order valence-electron chi connectivity index (χ4n) is 3.95. The molecule has 0 spiro atoms. The van der Waals surface area contributed by atoms with E-state index in [2.05, 4.69) is 36.0 Å². The Balaban J connectivity index is 1.63. The number of nitrogens with zero attached hydrogens (tertiary/aromatic N) is 5. The van der Waals surface area contributed by atoms with Crippen molar-refractivity contribution in [2.24, 2.45) is 7.05 Å². The molecule has 0 saturated carbocycles. The molecule has 166 valence electrons. The summed E-state index contributed by atoms with van der Waals surface area (Å²) in [6.07, 6.45) is 2.56. The van der Waals surface area contributed by atoms with Crippen molar-refractivity contribution in [2.45, 2.75) is 20.3 Å². The number of hydrogen-bond acceptors (Lipinski definition) is 7. The van der Waals surface area contributed by atoms with Gasteiger partial charge in [-0.05, 0) is 37.5 Å². The number of aryl methyl sites for hydroxylation is 3. The van der Waals surface area contributed by atoms with Gasteiger partial charge in [0.15, 0.2) is 5.13 Å². The molecule has 1 fully saturated rings. The van der Waals surface area contributed by atoms with Crippen molar-refractivity contribution in [3.63, 3.8) is 0 Å². The molecule has 1 aromatic carbocycles. The Kier molecular flexibility index (Phi) is 6.54. The summed E-state index contributed by atoms with van der Waals surface area (Å²) in [4.78, 5) is 22.6. The quantitative estimate of drug-likeness (QED) is 0.559. The molecule has 2 aromatic heterocycles. The van der Waals surface area contributed by atoms with Crippen LogP contribution in [0.2, 0.25) is 0 Å². The molecule has 3 heterocycles. The number of hydrogen-bond donors (Lipinski definition) is 0. The molecule has 0 aliphatic carbocycles. The Hall–Kier alpha value is -2.49. The number of carbonyl (C=O) groups excluding carboxylic acids is 1. The summed E-state index contributed by atoms with van der Waals surface area (Å²) in [6.45, 7) is 9.06. The van der Waals surface area contributed by atoms with Crippen molar-refractivity contribution in [3.8, 4) is 5.88 Å². The first kappa shape index (κ1) is 21.7. The second-order valence-electron chi connectivity index (χ2n) is 7.92.